The van der Waals surface area contributed by atoms with Crippen molar-refractivity contribution in [3.63, 3.8) is 0 Å². The van der Waals surface area contributed by atoms with Crippen LogP contribution in [0, 0.1) is 0 Å². The molecule has 0 saturated heterocycles. The maximum Gasteiger partial charge on any atom is 0.217 e. The summed E-state index contributed by atoms with van der Waals surface area (Å²) >= 11 is 0. The zero-order chi connectivity index (χ0) is 12.0. The van der Waals surface area contributed by atoms with Gasteiger partial charge in [0.25, 0.3) is 0 Å². The second-order valence-corrected chi connectivity index (χ2v) is 3.68. The van der Waals surface area contributed by atoms with Crippen molar-refractivity contribution in [2.24, 2.45) is 5.16 Å². The van der Waals surface area contributed by atoms with Gasteiger partial charge in [-0.2, -0.15) is 0 Å². The van der Waals surface area contributed by atoms with Gasteiger partial charge in [-0.25, -0.2) is 0 Å². The summed E-state index contributed by atoms with van der Waals surface area (Å²) < 4.78 is 0. The molecule has 0 fully saturated rings. The smallest absolute Gasteiger partial charge is 0.217 e. The van der Waals surface area contributed by atoms with Gasteiger partial charge in [0.2, 0.25) is 5.91 Å². The van der Waals surface area contributed by atoms with Crippen molar-refractivity contribution in [2.45, 2.75) is 26.3 Å². The number of hydrogen-bond acceptors (Lipinski definition) is 3. The Labute approximate surface area is 95.0 Å². The van der Waals surface area contributed by atoms with Crippen LogP contribution < -0.4 is 5.32 Å². The molecule has 86 valence electrons. The highest BCUT2D eigenvalue weighted by Crippen LogP contribution is 2.04. The van der Waals surface area contributed by atoms with Crippen LogP contribution in [0.1, 0.15) is 19.4 Å². The minimum atomic E-state index is -0.259. The Balaban J connectivity index is 2.75. The lowest BCUT2D eigenvalue weighted by molar-refractivity contribution is -0.119. The first-order valence-corrected chi connectivity index (χ1v) is 5.13. The van der Waals surface area contributed by atoms with Gasteiger partial charge in [0.15, 0.2) is 0 Å². The molecule has 0 aliphatic carbocycles. The summed E-state index contributed by atoms with van der Waals surface area (Å²) in [6, 6.07) is 9.49. The molecular weight excluding hydrogens is 204 g/mol. The number of rotatable bonds is 4. The van der Waals surface area contributed by atoms with Gasteiger partial charge >= 0.3 is 0 Å². The molecule has 1 aromatic carbocycles. The molecule has 1 amide bonds. The van der Waals surface area contributed by atoms with Crippen molar-refractivity contribution in [3.05, 3.63) is 35.9 Å². The molecule has 0 aliphatic heterocycles. The fourth-order valence-electron chi connectivity index (χ4n) is 1.47. The molecule has 0 aromatic heterocycles. The molecule has 0 aliphatic rings. The number of carbonyl (C=O) groups excluding carboxylic acids is 1. The van der Waals surface area contributed by atoms with Crippen molar-refractivity contribution in [1.82, 2.24) is 5.32 Å². The van der Waals surface area contributed by atoms with Crippen LogP contribution in [0.2, 0.25) is 0 Å². The second kappa shape index (κ2) is 5.90. The highest BCUT2D eigenvalue weighted by molar-refractivity contribution is 5.90. The topological polar surface area (TPSA) is 61.7 Å². The highest BCUT2D eigenvalue weighted by atomic mass is 16.4. The summed E-state index contributed by atoms with van der Waals surface area (Å²) in [7, 11) is 0. The number of benzene rings is 1. The van der Waals surface area contributed by atoms with E-state index in [1.165, 1.54) is 6.92 Å². The third-order valence-corrected chi connectivity index (χ3v) is 2.32. The number of carbonyl (C=O) groups is 1. The fourth-order valence-corrected chi connectivity index (χ4v) is 1.47. The first-order valence-electron chi connectivity index (χ1n) is 5.13. The summed E-state index contributed by atoms with van der Waals surface area (Å²) in [5.74, 6) is -0.135. The van der Waals surface area contributed by atoms with E-state index in [1.807, 2.05) is 30.3 Å². The summed E-state index contributed by atoms with van der Waals surface area (Å²) in [6.45, 7) is 3.13. The molecule has 4 nitrogen and oxygen atoms in total. The summed E-state index contributed by atoms with van der Waals surface area (Å²) in [6.07, 6.45) is 0.621. The Bertz CT molecular complexity index is 374. The molecule has 0 spiro atoms. The van der Waals surface area contributed by atoms with E-state index < -0.39 is 0 Å². The van der Waals surface area contributed by atoms with E-state index in [0.717, 1.165) is 5.56 Å². The maximum atomic E-state index is 11.0. The fraction of sp³-hybridized carbons (Fsp3) is 0.333. The van der Waals surface area contributed by atoms with Crippen LogP contribution in [-0.2, 0) is 11.2 Å². The first kappa shape index (κ1) is 12.2. The predicted octanol–water partition coefficient (Wildman–Crippen LogP) is 1.58. The van der Waals surface area contributed by atoms with Gasteiger partial charge in [0.1, 0.15) is 0 Å². The highest BCUT2D eigenvalue weighted by Gasteiger charge is 2.14. The van der Waals surface area contributed by atoms with Crippen molar-refractivity contribution in [3.8, 4) is 0 Å². The first-order chi connectivity index (χ1) is 7.63. The van der Waals surface area contributed by atoms with E-state index in [2.05, 4.69) is 10.5 Å². The molecule has 4 heteroatoms. The third-order valence-electron chi connectivity index (χ3n) is 2.32. The Kier molecular flexibility index (Phi) is 4.51. The number of oxime groups is 1. The quantitative estimate of drug-likeness (QED) is 0.460. The Hall–Kier alpha value is -1.84. The lowest BCUT2D eigenvalue weighted by Gasteiger charge is -2.16. The van der Waals surface area contributed by atoms with Crippen molar-refractivity contribution >= 4 is 11.6 Å². The van der Waals surface area contributed by atoms with Gasteiger partial charge in [-0.1, -0.05) is 35.5 Å². The lowest BCUT2D eigenvalue weighted by Crippen LogP contribution is -2.40. The van der Waals surface area contributed by atoms with Crippen LogP contribution in [0.25, 0.3) is 0 Å². The average Bonchev–Trinajstić information content (AvgIpc) is 2.28. The van der Waals surface area contributed by atoms with Crippen LogP contribution in [0.5, 0.6) is 0 Å². The molecule has 16 heavy (non-hydrogen) atoms. The Morgan fingerprint density at radius 1 is 1.38 bits per heavy atom. The second-order valence-electron chi connectivity index (χ2n) is 3.68. The zero-order valence-electron chi connectivity index (χ0n) is 9.47. The van der Waals surface area contributed by atoms with Gasteiger partial charge in [0, 0.05) is 6.92 Å². The van der Waals surface area contributed by atoms with E-state index in [0.29, 0.717) is 12.1 Å². The van der Waals surface area contributed by atoms with Crippen LogP contribution in [0.4, 0.5) is 0 Å². The van der Waals surface area contributed by atoms with Crippen LogP contribution >= 0.6 is 0 Å². The van der Waals surface area contributed by atoms with Gasteiger partial charge in [0.05, 0.1) is 11.8 Å². The molecule has 0 heterocycles. The summed E-state index contributed by atoms with van der Waals surface area (Å²) in [5.41, 5.74) is 1.59. The molecule has 1 atom stereocenters. The average molecular weight is 220 g/mol. The molecule has 1 unspecified atom stereocenters. The number of nitrogens with zero attached hydrogens (tertiary/aromatic N) is 1. The van der Waals surface area contributed by atoms with Crippen molar-refractivity contribution in [1.29, 1.82) is 0 Å². The van der Waals surface area contributed by atoms with E-state index in [1.54, 1.807) is 6.92 Å². The normalized spacial score (nSPS) is 13.2. The molecular formula is C12H16N2O2. The van der Waals surface area contributed by atoms with Gasteiger partial charge in [-0.05, 0) is 18.9 Å². The molecule has 0 radical (unpaired) electrons. The lowest BCUT2D eigenvalue weighted by atomic mass is 10.0. The standard InChI is InChI=1S/C12H16N2O2/c1-9(14-16)12(13-10(2)15)8-11-6-4-3-5-7-11/h3-7,12,16H,8H2,1-2H3,(H,13,15). The zero-order valence-corrected chi connectivity index (χ0v) is 9.47. The van der Waals surface area contributed by atoms with E-state index in [4.69, 9.17) is 5.21 Å². The third kappa shape index (κ3) is 3.73. The van der Waals surface area contributed by atoms with Crippen LogP contribution in [-0.4, -0.2) is 22.9 Å². The van der Waals surface area contributed by atoms with Gasteiger partial charge in [-0.3, -0.25) is 4.79 Å². The van der Waals surface area contributed by atoms with Crippen LogP contribution in [0.3, 0.4) is 0 Å². The largest absolute Gasteiger partial charge is 0.411 e. The van der Waals surface area contributed by atoms with Crippen LogP contribution in [0.15, 0.2) is 35.5 Å². The van der Waals surface area contributed by atoms with E-state index >= 15 is 0 Å². The molecule has 0 bridgehead atoms. The van der Waals surface area contributed by atoms with E-state index in [-0.39, 0.29) is 11.9 Å². The maximum absolute atomic E-state index is 11.0. The molecule has 1 rings (SSSR count). The summed E-state index contributed by atoms with van der Waals surface area (Å²) in [4.78, 5) is 11.0. The van der Waals surface area contributed by atoms with Crippen molar-refractivity contribution < 1.29 is 10.0 Å². The Morgan fingerprint density at radius 2 is 2.00 bits per heavy atom. The minimum absolute atomic E-state index is 0.135. The number of nitrogens with one attached hydrogen (secondary N) is 1. The Morgan fingerprint density at radius 3 is 2.50 bits per heavy atom. The summed E-state index contributed by atoms with van der Waals surface area (Å²) in [5, 5.41) is 14.6. The monoisotopic (exact) mass is 220 g/mol. The molecule has 1 aromatic rings. The molecule has 0 saturated carbocycles. The van der Waals surface area contributed by atoms with Gasteiger partial charge in [-0.15, -0.1) is 0 Å². The predicted molar refractivity (Wildman–Crippen MR) is 62.6 cm³/mol. The van der Waals surface area contributed by atoms with E-state index in [9.17, 15) is 4.79 Å². The minimum Gasteiger partial charge on any atom is -0.411 e. The van der Waals surface area contributed by atoms with Gasteiger partial charge < -0.3 is 10.5 Å². The van der Waals surface area contributed by atoms with Crippen molar-refractivity contribution in [2.75, 3.05) is 0 Å². The SMILES string of the molecule is CC(=O)NC(Cc1ccccc1)C(C)=NO. The number of amides is 1. The molecule has 2 N–H and O–H groups in total. The number of hydrogen-bond donors (Lipinski definition) is 2.